The van der Waals surface area contributed by atoms with Crippen molar-refractivity contribution >= 4 is 36.4 Å². The number of rotatable bonds is 2. The van der Waals surface area contributed by atoms with Crippen LogP contribution in [0, 0.1) is 19.8 Å². The average Bonchev–Trinajstić information content (AvgIpc) is 2.58. The van der Waals surface area contributed by atoms with E-state index in [2.05, 4.69) is 47.2 Å². The fourth-order valence-corrected chi connectivity index (χ4v) is 3.57. The average molecular weight is 374 g/mol. The summed E-state index contributed by atoms with van der Waals surface area (Å²) in [5.74, 6) is 0.550. The lowest BCUT2D eigenvalue weighted by Gasteiger charge is -2.39. The maximum Gasteiger partial charge on any atom is 0.227 e. The number of piperazine rings is 1. The first-order valence-electron chi connectivity index (χ1n) is 8.47. The standard InChI is InChI=1S/C18H27N3O.2ClH/c1-14-5-3-7-17(15(14)2)20-9-11-21(12-10-20)18(22)16-6-4-8-19-13-16;;/h3,5,7,16,19H,4,6,8-13H2,1-2H3;2*1H. The maximum absolute atomic E-state index is 12.6. The van der Waals surface area contributed by atoms with Crippen LogP contribution in [0.15, 0.2) is 18.2 Å². The summed E-state index contributed by atoms with van der Waals surface area (Å²) in [5.41, 5.74) is 4.02. The molecule has 0 aromatic heterocycles. The molecule has 1 unspecified atom stereocenters. The van der Waals surface area contributed by atoms with Crippen molar-refractivity contribution in [2.24, 2.45) is 5.92 Å². The lowest BCUT2D eigenvalue weighted by molar-refractivity contribution is -0.136. The van der Waals surface area contributed by atoms with E-state index in [1.807, 2.05) is 0 Å². The molecular weight excluding hydrogens is 345 g/mol. The Labute approximate surface area is 157 Å². The SMILES string of the molecule is Cc1cccc(N2CCN(C(=O)C3CCCNC3)CC2)c1C.Cl.Cl. The quantitative estimate of drug-likeness (QED) is 0.865. The van der Waals surface area contributed by atoms with Gasteiger partial charge in [-0.3, -0.25) is 4.79 Å². The first-order valence-corrected chi connectivity index (χ1v) is 8.47. The molecule has 136 valence electrons. The van der Waals surface area contributed by atoms with Gasteiger partial charge in [-0.15, -0.1) is 24.8 Å². The van der Waals surface area contributed by atoms with Gasteiger partial charge in [0.05, 0.1) is 5.92 Å². The van der Waals surface area contributed by atoms with Crippen LogP contribution in [-0.4, -0.2) is 50.1 Å². The molecule has 2 aliphatic rings. The number of anilines is 1. The Morgan fingerprint density at radius 2 is 1.83 bits per heavy atom. The Morgan fingerprint density at radius 1 is 1.12 bits per heavy atom. The zero-order valence-corrected chi connectivity index (χ0v) is 16.2. The molecule has 1 aromatic rings. The van der Waals surface area contributed by atoms with Crippen LogP contribution in [0.4, 0.5) is 5.69 Å². The number of aryl methyl sites for hydroxylation is 1. The minimum Gasteiger partial charge on any atom is -0.368 e. The third-order valence-corrected chi connectivity index (χ3v) is 5.15. The molecule has 6 heteroatoms. The van der Waals surface area contributed by atoms with E-state index in [0.29, 0.717) is 5.91 Å². The molecule has 0 bridgehead atoms. The topological polar surface area (TPSA) is 35.6 Å². The Kier molecular flexibility index (Phi) is 8.34. The van der Waals surface area contributed by atoms with Crippen LogP contribution in [0.1, 0.15) is 24.0 Å². The molecular formula is C18H29Cl2N3O. The maximum atomic E-state index is 12.6. The van der Waals surface area contributed by atoms with E-state index in [1.165, 1.54) is 16.8 Å². The predicted molar refractivity (Wildman–Crippen MR) is 105 cm³/mol. The zero-order chi connectivity index (χ0) is 15.5. The number of nitrogens with zero attached hydrogens (tertiary/aromatic N) is 2. The first-order chi connectivity index (χ1) is 10.7. The van der Waals surface area contributed by atoms with Crippen molar-refractivity contribution in [2.45, 2.75) is 26.7 Å². The lowest BCUT2D eigenvalue weighted by atomic mass is 9.97. The van der Waals surface area contributed by atoms with Gasteiger partial charge in [-0.05, 0) is 50.4 Å². The van der Waals surface area contributed by atoms with Crippen molar-refractivity contribution in [3.8, 4) is 0 Å². The van der Waals surface area contributed by atoms with E-state index >= 15 is 0 Å². The van der Waals surface area contributed by atoms with Crippen LogP contribution in [0.3, 0.4) is 0 Å². The fourth-order valence-electron chi connectivity index (χ4n) is 3.57. The Balaban J connectivity index is 0.00000144. The summed E-state index contributed by atoms with van der Waals surface area (Å²) in [6.45, 7) is 9.85. The van der Waals surface area contributed by atoms with Crippen molar-refractivity contribution in [1.29, 1.82) is 0 Å². The third kappa shape index (κ3) is 4.56. The first kappa shape index (κ1) is 21.1. The molecule has 1 atom stereocenters. The van der Waals surface area contributed by atoms with Crippen LogP contribution in [0.5, 0.6) is 0 Å². The highest BCUT2D eigenvalue weighted by Gasteiger charge is 2.28. The molecule has 4 nitrogen and oxygen atoms in total. The van der Waals surface area contributed by atoms with E-state index < -0.39 is 0 Å². The molecule has 2 saturated heterocycles. The van der Waals surface area contributed by atoms with Crippen molar-refractivity contribution < 1.29 is 4.79 Å². The van der Waals surface area contributed by atoms with Crippen molar-refractivity contribution in [3.05, 3.63) is 29.3 Å². The fraction of sp³-hybridized carbons (Fsp3) is 0.611. The summed E-state index contributed by atoms with van der Waals surface area (Å²) in [7, 11) is 0. The minimum absolute atomic E-state index is 0. The van der Waals surface area contributed by atoms with Gasteiger partial charge in [-0.25, -0.2) is 0 Å². The lowest BCUT2D eigenvalue weighted by Crippen LogP contribution is -2.52. The number of amides is 1. The summed E-state index contributed by atoms with van der Waals surface area (Å²) < 4.78 is 0. The Bertz CT molecular complexity index is 539. The van der Waals surface area contributed by atoms with E-state index in [4.69, 9.17) is 0 Å². The molecule has 1 N–H and O–H groups in total. The molecule has 0 saturated carbocycles. The number of carbonyl (C=O) groups is 1. The zero-order valence-electron chi connectivity index (χ0n) is 14.6. The van der Waals surface area contributed by atoms with E-state index in [0.717, 1.165) is 52.1 Å². The normalized spacial score (nSPS) is 20.8. The van der Waals surface area contributed by atoms with Crippen LogP contribution in [0.2, 0.25) is 0 Å². The molecule has 3 rings (SSSR count). The van der Waals surface area contributed by atoms with E-state index in [1.54, 1.807) is 0 Å². The smallest absolute Gasteiger partial charge is 0.227 e. The number of hydrogen-bond donors (Lipinski definition) is 1. The summed E-state index contributed by atoms with van der Waals surface area (Å²) in [6.07, 6.45) is 2.17. The van der Waals surface area contributed by atoms with E-state index in [-0.39, 0.29) is 30.7 Å². The molecule has 2 fully saturated rings. The van der Waals surface area contributed by atoms with Gasteiger partial charge in [0, 0.05) is 38.4 Å². The highest BCUT2D eigenvalue weighted by atomic mass is 35.5. The number of benzene rings is 1. The largest absolute Gasteiger partial charge is 0.368 e. The van der Waals surface area contributed by atoms with Crippen LogP contribution < -0.4 is 10.2 Å². The number of hydrogen-bond acceptors (Lipinski definition) is 3. The number of halogens is 2. The molecule has 0 aliphatic carbocycles. The second kappa shape index (κ2) is 9.50. The van der Waals surface area contributed by atoms with Gasteiger partial charge in [0.25, 0.3) is 0 Å². The highest BCUT2D eigenvalue weighted by molar-refractivity contribution is 5.85. The molecule has 1 amide bonds. The van der Waals surface area contributed by atoms with Crippen molar-refractivity contribution in [2.75, 3.05) is 44.2 Å². The van der Waals surface area contributed by atoms with Crippen LogP contribution in [-0.2, 0) is 4.79 Å². The second-order valence-corrected chi connectivity index (χ2v) is 6.57. The Morgan fingerprint density at radius 3 is 2.46 bits per heavy atom. The molecule has 2 aliphatic heterocycles. The van der Waals surface area contributed by atoms with Gasteiger partial charge in [-0.1, -0.05) is 12.1 Å². The summed E-state index contributed by atoms with van der Waals surface area (Å²) in [4.78, 5) is 17.1. The van der Waals surface area contributed by atoms with Gasteiger partial charge in [0.1, 0.15) is 0 Å². The number of nitrogens with one attached hydrogen (secondary N) is 1. The highest BCUT2D eigenvalue weighted by Crippen LogP contribution is 2.24. The third-order valence-electron chi connectivity index (χ3n) is 5.15. The van der Waals surface area contributed by atoms with Gasteiger partial charge in [0.2, 0.25) is 5.91 Å². The van der Waals surface area contributed by atoms with Gasteiger partial charge in [0.15, 0.2) is 0 Å². The van der Waals surface area contributed by atoms with Crippen molar-refractivity contribution in [1.82, 2.24) is 10.2 Å². The number of piperidine rings is 1. The molecule has 0 radical (unpaired) electrons. The van der Waals surface area contributed by atoms with E-state index in [9.17, 15) is 4.79 Å². The van der Waals surface area contributed by atoms with Gasteiger partial charge < -0.3 is 15.1 Å². The summed E-state index contributed by atoms with van der Waals surface area (Å²) in [5, 5.41) is 3.35. The summed E-state index contributed by atoms with van der Waals surface area (Å²) in [6, 6.07) is 6.49. The van der Waals surface area contributed by atoms with Crippen LogP contribution >= 0.6 is 24.8 Å². The monoisotopic (exact) mass is 373 g/mol. The second-order valence-electron chi connectivity index (χ2n) is 6.57. The predicted octanol–water partition coefficient (Wildman–Crippen LogP) is 2.80. The molecule has 0 spiro atoms. The molecule has 2 heterocycles. The molecule has 24 heavy (non-hydrogen) atoms. The Hall–Kier alpha value is -0.970. The number of carbonyl (C=O) groups excluding carboxylic acids is 1. The summed E-state index contributed by atoms with van der Waals surface area (Å²) >= 11 is 0. The molecule has 1 aromatic carbocycles. The van der Waals surface area contributed by atoms with Crippen LogP contribution in [0.25, 0.3) is 0 Å². The minimum atomic E-state index is 0. The van der Waals surface area contributed by atoms with Gasteiger partial charge >= 0.3 is 0 Å². The van der Waals surface area contributed by atoms with Crippen molar-refractivity contribution in [3.63, 3.8) is 0 Å². The van der Waals surface area contributed by atoms with Gasteiger partial charge in [-0.2, -0.15) is 0 Å².